The lowest BCUT2D eigenvalue weighted by molar-refractivity contribution is -0.120. The van der Waals surface area contributed by atoms with Gasteiger partial charge in [0.1, 0.15) is 0 Å². The molecule has 1 fully saturated rings. The summed E-state index contributed by atoms with van der Waals surface area (Å²) < 4.78 is 0. The molecule has 2 nitrogen and oxygen atoms in total. The molecule has 0 aliphatic heterocycles. The van der Waals surface area contributed by atoms with Gasteiger partial charge >= 0.3 is 0 Å². The zero-order chi connectivity index (χ0) is 12.6. The lowest BCUT2D eigenvalue weighted by Crippen LogP contribution is -2.25. The van der Waals surface area contributed by atoms with E-state index in [4.69, 9.17) is 0 Å². The van der Waals surface area contributed by atoms with Crippen molar-refractivity contribution in [3.63, 3.8) is 0 Å². The summed E-state index contributed by atoms with van der Waals surface area (Å²) in [7, 11) is 0. The molecule has 0 saturated heterocycles. The van der Waals surface area contributed by atoms with Crippen LogP contribution >= 0.6 is 11.8 Å². The summed E-state index contributed by atoms with van der Waals surface area (Å²) in [5.41, 5.74) is 1.20. The first-order chi connectivity index (χ1) is 8.84. The summed E-state index contributed by atoms with van der Waals surface area (Å²) in [6, 6.07) is 10.2. The monoisotopic (exact) mass is 261 g/mol. The Labute approximate surface area is 113 Å². The average Bonchev–Trinajstić information content (AvgIpc) is 3.21. The van der Waals surface area contributed by atoms with Crippen LogP contribution in [0.3, 0.4) is 0 Å². The lowest BCUT2D eigenvalue weighted by atomic mass is 10.2. The van der Waals surface area contributed by atoms with E-state index in [9.17, 15) is 4.79 Å². The van der Waals surface area contributed by atoms with Crippen LogP contribution in [0.4, 0.5) is 0 Å². The molecule has 0 spiro atoms. The number of benzene rings is 1. The molecule has 0 atom stereocenters. The third kappa shape index (κ3) is 5.41. The molecule has 18 heavy (non-hydrogen) atoms. The van der Waals surface area contributed by atoms with Gasteiger partial charge in [0, 0.05) is 18.7 Å². The van der Waals surface area contributed by atoms with E-state index in [1.165, 1.54) is 18.4 Å². The first-order valence-electron chi connectivity index (χ1n) is 6.44. The van der Waals surface area contributed by atoms with Crippen LogP contribution in [0.15, 0.2) is 35.7 Å². The highest BCUT2D eigenvalue weighted by molar-refractivity contribution is 8.02. The maximum Gasteiger partial charge on any atom is 0.220 e. The second-order valence-corrected chi connectivity index (χ2v) is 5.60. The highest BCUT2D eigenvalue weighted by Crippen LogP contribution is 2.27. The summed E-state index contributed by atoms with van der Waals surface area (Å²) in [6.07, 6.45) is 5.26. The summed E-state index contributed by atoms with van der Waals surface area (Å²) in [5.74, 6) is 1.79. The predicted octanol–water partition coefficient (Wildman–Crippen LogP) is 3.31. The van der Waals surface area contributed by atoms with Crippen LogP contribution in [0, 0.1) is 5.92 Å². The van der Waals surface area contributed by atoms with Gasteiger partial charge in [-0.2, -0.15) is 0 Å². The van der Waals surface area contributed by atoms with Gasteiger partial charge < -0.3 is 5.32 Å². The standard InChI is InChI=1S/C15H19NOS/c17-15(16-12-14-6-7-14)9-11-18-10-8-13-4-2-1-3-5-13/h1-5,8,10,14H,6-7,9,11-12H2,(H,16,17)/b10-8+. The van der Waals surface area contributed by atoms with Gasteiger partial charge in [0.05, 0.1) is 0 Å². The Bertz CT molecular complexity index is 398. The Morgan fingerprint density at radius 3 is 2.83 bits per heavy atom. The zero-order valence-electron chi connectivity index (χ0n) is 10.5. The average molecular weight is 261 g/mol. The molecule has 1 amide bonds. The minimum Gasteiger partial charge on any atom is -0.356 e. The third-order valence-corrected chi connectivity index (χ3v) is 3.66. The molecule has 1 aliphatic rings. The van der Waals surface area contributed by atoms with E-state index in [2.05, 4.69) is 28.9 Å². The van der Waals surface area contributed by atoms with Gasteiger partial charge in [-0.1, -0.05) is 30.3 Å². The van der Waals surface area contributed by atoms with Crippen molar-refractivity contribution in [3.8, 4) is 0 Å². The lowest BCUT2D eigenvalue weighted by Gasteiger charge is -2.02. The fraction of sp³-hybridized carbons (Fsp3) is 0.400. The molecule has 0 heterocycles. The first-order valence-corrected chi connectivity index (χ1v) is 7.49. The van der Waals surface area contributed by atoms with Crippen molar-refractivity contribution in [1.82, 2.24) is 5.32 Å². The molecule has 0 aromatic heterocycles. The number of hydrogen-bond donors (Lipinski definition) is 1. The van der Waals surface area contributed by atoms with Crippen molar-refractivity contribution in [1.29, 1.82) is 0 Å². The molecule has 0 bridgehead atoms. The van der Waals surface area contributed by atoms with E-state index in [1.807, 2.05) is 18.2 Å². The molecule has 1 saturated carbocycles. The van der Waals surface area contributed by atoms with E-state index in [-0.39, 0.29) is 5.91 Å². The SMILES string of the molecule is O=C(CCS/C=C/c1ccccc1)NCC1CC1. The van der Waals surface area contributed by atoms with Crippen LogP contribution in [0.1, 0.15) is 24.8 Å². The van der Waals surface area contributed by atoms with Gasteiger partial charge in [-0.15, -0.1) is 11.8 Å². The van der Waals surface area contributed by atoms with Crippen LogP contribution in [-0.4, -0.2) is 18.2 Å². The van der Waals surface area contributed by atoms with Crippen LogP contribution in [0.2, 0.25) is 0 Å². The van der Waals surface area contributed by atoms with Crippen molar-refractivity contribution < 1.29 is 4.79 Å². The highest BCUT2D eigenvalue weighted by Gasteiger charge is 2.21. The van der Waals surface area contributed by atoms with Crippen molar-refractivity contribution in [2.45, 2.75) is 19.3 Å². The minimum absolute atomic E-state index is 0.183. The number of carbonyl (C=O) groups is 1. The molecule has 1 aromatic carbocycles. The third-order valence-electron chi connectivity index (χ3n) is 2.89. The van der Waals surface area contributed by atoms with Crippen LogP contribution < -0.4 is 5.32 Å². The largest absolute Gasteiger partial charge is 0.356 e. The molecule has 96 valence electrons. The Hall–Kier alpha value is -1.22. The van der Waals surface area contributed by atoms with Gasteiger partial charge in [0.25, 0.3) is 0 Å². The van der Waals surface area contributed by atoms with Gasteiger partial charge in [0.15, 0.2) is 0 Å². The molecule has 0 radical (unpaired) electrons. The number of carbonyl (C=O) groups excluding carboxylic acids is 1. The molecule has 3 heteroatoms. The fourth-order valence-corrected chi connectivity index (χ4v) is 2.27. The molecule has 0 unspecified atom stereocenters. The van der Waals surface area contributed by atoms with E-state index in [1.54, 1.807) is 11.8 Å². The maximum absolute atomic E-state index is 11.5. The maximum atomic E-state index is 11.5. The quantitative estimate of drug-likeness (QED) is 0.763. The van der Waals surface area contributed by atoms with E-state index >= 15 is 0 Å². The number of rotatable bonds is 7. The smallest absolute Gasteiger partial charge is 0.220 e. The van der Waals surface area contributed by atoms with Crippen LogP contribution in [-0.2, 0) is 4.79 Å². The summed E-state index contributed by atoms with van der Waals surface area (Å²) in [5, 5.41) is 5.04. The van der Waals surface area contributed by atoms with E-state index in [0.29, 0.717) is 6.42 Å². The van der Waals surface area contributed by atoms with Crippen molar-refractivity contribution in [2.24, 2.45) is 5.92 Å². The van der Waals surface area contributed by atoms with Gasteiger partial charge in [-0.3, -0.25) is 4.79 Å². The minimum atomic E-state index is 0.183. The molecule has 1 aromatic rings. The fourth-order valence-electron chi connectivity index (χ4n) is 1.58. The van der Waals surface area contributed by atoms with Gasteiger partial charge in [0.2, 0.25) is 5.91 Å². The number of nitrogens with one attached hydrogen (secondary N) is 1. The van der Waals surface area contributed by atoms with Crippen molar-refractivity contribution >= 4 is 23.7 Å². The van der Waals surface area contributed by atoms with Crippen LogP contribution in [0.25, 0.3) is 6.08 Å². The van der Waals surface area contributed by atoms with Gasteiger partial charge in [-0.05, 0) is 35.8 Å². The summed E-state index contributed by atoms with van der Waals surface area (Å²) in [4.78, 5) is 11.5. The Morgan fingerprint density at radius 2 is 2.11 bits per heavy atom. The van der Waals surface area contributed by atoms with E-state index in [0.717, 1.165) is 18.2 Å². The second kappa shape index (κ2) is 7.27. The number of hydrogen-bond acceptors (Lipinski definition) is 2. The molecule has 1 N–H and O–H groups in total. The second-order valence-electron chi connectivity index (χ2n) is 4.58. The number of amides is 1. The van der Waals surface area contributed by atoms with Crippen molar-refractivity contribution in [3.05, 3.63) is 41.3 Å². The van der Waals surface area contributed by atoms with Crippen molar-refractivity contribution in [2.75, 3.05) is 12.3 Å². The molecule has 1 aliphatic carbocycles. The summed E-state index contributed by atoms with van der Waals surface area (Å²) >= 11 is 1.68. The Kier molecular flexibility index (Phi) is 5.34. The molecular weight excluding hydrogens is 242 g/mol. The highest BCUT2D eigenvalue weighted by atomic mass is 32.2. The molecular formula is C15H19NOS. The van der Waals surface area contributed by atoms with Gasteiger partial charge in [-0.25, -0.2) is 0 Å². The van der Waals surface area contributed by atoms with E-state index < -0.39 is 0 Å². The normalized spacial score (nSPS) is 14.9. The summed E-state index contributed by atoms with van der Waals surface area (Å²) in [6.45, 7) is 0.878. The number of thioether (sulfide) groups is 1. The predicted molar refractivity (Wildman–Crippen MR) is 78.3 cm³/mol. The Balaban J connectivity index is 1.54. The molecule has 2 rings (SSSR count). The topological polar surface area (TPSA) is 29.1 Å². The zero-order valence-corrected chi connectivity index (χ0v) is 11.3. The Morgan fingerprint density at radius 1 is 1.33 bits per heavy atom. The first kappa shape index (κ1) is 13.2. The van der Waals surface area contributed by atoms with Crippen LogP contribution in [0.5, 0.6) is 0 Å².